The van der Waals surface area contributed by atoms with Gasteiger partial charge in [-0.3, -0.25) is 14.2 Å². The SMILES string of the molecule is CCCCOC(=O)N1CCN(C(=O)C(CP(=O)(OCC)OCC)NC(=O)c2cc(C)nc(-c3ccccc3)n2)CC1. The van der Waals surface area contributed by atoms with E-state index in [4.69, 9.17) is 13.8 Å². The summed E-state index contributed by atoms with van der Waals surface area (Å²) in [6, 6.07) is 9.54. The second-order valence-electron chi connectivity index (χ2n) is 9.52. The van der Waals surface area contributed by atoms with Crippen LogP contribution < -0.4 is 5.32 Å². The number of unbranched alkanes of at least 4 members (excludes halogenated alkanes) is 1. The summed E-state index contributed by atoms with van der Waals surface area (Å²) in [7, 11) is -3.72. The van der Waals surface area contributed by atoms with E-state index in [2.05, 4.69) is 15.3 Å². The van der Waals surface area contributed by atoms with E-state index in [1.807, 2.05) is 37.3 Å². The van der Waals surface area contributed by atoms with E-state index >= 15 is 0 Å². The lowest BCUT2D eigenvalue weighted by Crippen LogP contribution is -2.57. The van der Waals surface area contributed by atoms with E-state index in [0.717, 1.165) is 18.4 Å². The summed E-state index contributed by atoms with van der Waals surface area (Å²) in [5.41, 5.74) is 1.38. The normalized spacial score (nSPS) is 14.4. The number of aryl methyl sites for hydroxylation is 1. The van der Waals surface area contributed by atoms with Gasteiger partial charge in [-0.25, -0.2) is 14.8 Å². The van der Waals surface area contributed by atoms with Crippen LogP contribution in [0.4, 0.5) is 4.79 Å². The second-order valence-corrected chi connectivity index (χ2v) is 11.6. The van der Waals surface area contributed by atoms with Crippen molar-refractivity contribution in [1.29, 1.82) is 0 Å². The molecule has 0 spiro atoms. The first-order chi connectivity index (χ1) is 19.7. The number of rotatable bonds is 13. The Morgan fingerprint density at radius 2 is 1.61 bits per heavy atom. The zero-order chi connectivity index (χ0) is 29.8. The van der Waals surface area contributed by atoms with Gasteiger partial charge in [0.2, 0.25) is 5.91 Å². The molecule has 1 aliphatic heterocycles. The minimum atomic E-state index is -3.72. The highest BCUT2D eigenvalue weighted by molar-refractivity contribution is 7.54. The van der Waals surface area contributed by atoms with Crippen molar-refractivity contribution in [1.82, 2.24) is 25.1 Å². The lowest BCUT2D eigenvalue weighted by atomic mass is 10.2. The Hall–Kier alpha value is -3.34. The minimum Gasteiger partial charge on any atom is -0.449 e. The van der Waals surface area contributed by atoms with Crippen LogP contribution in [-0.2, 0) is 23.1 Å². The number of benzene rings is 1. The fraction of sp³-hybridized carbons (Fsp3) is 0.536. The van der Waals surface area contributed by atoms with Crippen molar-refractivity contribution in [2.75, 3.05) is 52.2 Å². The fourth-order valence-electron chi connectivity index (χ4n) is 4.30. The molecule has 0 saturated carbocycles. The topological polar surface area (TPSA) is 140 Å². The summed E-state index contributed by atoms with van der Waals surface area (Å²) in [5, 5.41) is 2.72. The number of ether oxygens (including phenoxy) is 1. The Balaban J connectivity index is 1.79. The van der Waals surface area contributed by atoms with Crippen LogP contribution in [0.25, 0.3) is 11.4 Å². The maximum atomic E-state index is 13.7. The second kappa shape index (κ2) is 15.6. The van der Waals surface area contributed by atoms with Gasteiger partial charge in [-0.05, 0) is 33.3 Å². The highest BCUT2D eigenvalue weighted by Crippen LogP contribution is 2.48. The summed E-state index contributed by atoms with van der Waals surface area (Å²) in [4.78, 5) is 51.4. The Kier molecular flexibility index (Phi) is 12.2. The molecular weight excluding hydrogens is 549 g/mol. The highest BCUT2D eigenvalue weighted by Gasteiger charge is 2.37. The van der Waals surface area contributed by atoms with Crippen molar-refractivity contribution in [2.24, 2.45) is 0 Å². The number of nitrogens with one attached hydrogen (secondary N) is 1. The van der Waals surface area contributed by atoms with Gasteiger partial charge in [0.25, 0.3) is 5.91 Å². The van der Waals surface area contributed by atoms with Crippen LogP contribution in [0.5, 0.6) is 0 Å². The van der Waals surface area contributed by atoms with Gasteiger partial charge in [-0.15, -0.1) is 0 Å². The Bertz CT molecular complexity index is 1210. The molecule has 0 radical (unpaired) electrons. The predicted molar refractivity (Wildman–Crippen MR) is 154 cm³/mol. The molecule has 12 nitrogen and oxygen atoms in total. The van der Waals surface area contributed by atoms with Gasteiger partial charge < -0.3 is 28.9 Å². The molecule has 1 unspecified atom stereocenters. The Morgan fingerprint density at radius 1 is 0.976 bits per heavy atom. The van der Waals surface area contributed by atoms with Gasteiger partial charge in [0.05, 0.1) is 26.0 Å². The summed E-state index contributed by atoms with van der Waals surface area (Å²) in [5.74, 6) is -0.704. The van der Waals surface area contributed by atoms with Crippen molar-refractivity contribution >= 4 is 25.5 Å². The lowest BCUT2D eigenvalue weighted by molar-refractivity contribution is -0.134. The number of aromatic nitrogens is 2. The van der Waals surface area contributed by atoms with Gasteiger partial charge in [0.1, 0.15) is 11.7 Å². The number of carbonyl (C=O) groups is 3. The van der Waals surface area contributed by atoms with Crippen LogP contribution in [-0.4, -0.2) is 95.9 Å². The molecule has 1 aromatic heterocycles. The van der Waals surface area contributed by atoms with Crippen molar-refractivity contribution < 1.29 is 32.7 Å². The summed E-state index contributed by atoms with van der Waals surface area (Å²) in [6.07, 6.45) is 0.928. The number of carbonyl (C=O) groups excluding carboxylic acids is 3. The molecule has 3 amide bonds. The van der Waals surface area contributed by atoms with Gasteiger partial charge in [0, 0.05) is 37.4 Å². The Morgan fingerprint density at radius 3 is 2.22 bits per heavy atom. The zero-order valence-corrected chi connectivity index (χ0v) is 25.1. The van der Waals surface area contributed by atoms with Crippen molar-refractivity contribution in [3.8, 4) is 11.4 Å². The van der Waals surface area contributed by atoms with E-state index < -0.39 is 31.5 Å². The van der Waals surface area contributed by atoms with Gasteiger partial charge in [-0.1, -0.05) is 43.7 Å². The molecule has 1 atom stereocenters. The molecule has 0 aliphatic carbocycles. The average molecular weight is 590 g/mol. The van der Waals surface area contributed by atoms with Crippen LogP contribution in [0.1, 0.15) is 49.8 Å². The number of hydrogen-bond acceptors (Lipinski definition) is 9. The monoisotopic (exact) mass is 589 g/mol. The number of amides is 3. The molecular formula is C28H40N5O7P. The van der Waals surface area contributed by atoms with Crippen molar-refractivity contribution in [3.63, 3.8) is 0 Å². The largest absolute Gasteiger partial charge is 0.449 e. The molecule has 13 heteroatoms. The van der Waals surface area contributed by atoms with Gasteiger partial charge >= 0.3 is 13.7 Å². The zero-order valence-electron chi connectivity index (χ0n) is 24.2. The molecule has 1 saturated heterocycles. The Labute approximate surface area is 241 Å². The molecule has 2 aromatic rings. The van der Waals surface area contributed by atoms with Crippen molar-refractivity contribution in [2.45, 2.75) is 46.6 Å². The smallest absolute Gasteiger partial charge is 0.409 e. The van der Waals surface area contributed by atoms with Crippen LogP contribution in [0.2, 0.25) is 0 Å². The van der Waals surface area contributed by atoms with E-state index in [-0.39, 0.29) is 51.2 Å². The van der Waals surface area contributed by atoms with Crippen molar-refractivity contribution in [3.05, 3.63) is 47.8 Å². The minimum absolute atomic E-state index is 0.0662. The molecule has 0 bridgehead atoms. The van der Waals surface area contributed by atoms with E-state index in [0.29, 0.717) is 18.1 Å². The third-order valence-electron chi connectivity index (χ3n) is 6.35. The summed E-state index contributed by atoms with van der Waals surface area (Å²) in [6.45, 7) is 8.68. The quantitative estimate of drug-likeness (QED) is 0.272. The number of piperazine rings is 1. The van der Waals surface area contributed by atoms with Crippen LogP contribution in [0.3, 0.4) is 0 Å². The molecule has 224 valence electrons. The molecule has 1 N–H and O–H groups in total. The van der Waals surface area contributed by atoms with Crippen LogP contribution in [0, 0.1) is 6.92 Å². The maximum absolute atomic E-state index is 13.7. The molecule has 41 heavy (non-hydrogen) atoms. The first-order valence-corrected chi connectivity index (χ1v) is 15.7. The fourth-order valence-corrected chi connectivity index (χ4v) is 6.07. The van der Waals surface area contributed by atoms with E-state index in [1.165, 1.54) is 11.0 Å². The maximum Gasteiger partial charge on any atom is 0.409 e. The number of nitrogens with zero attached hydrogens (tertiary/aromatic N) is 4. The molecule has 1 fully saturated rings. The third kappa shape index (κ3) is 9.34. The molecule has 2 heterocycles. The van der Waals surface area contributed by atoms with E-state index in [9.17, 15) is 18.9 Å². The summed E-state index contributed by atoms with van der Waals surface area (Å²) >= 11 is 0. The summed E-state index contributed by atoms with van der Waals surface area (Å²) < 4.78 is 29.6. The van der Waals surface area contributed by atoms with Crippen LogP contribution >= 0.6 is 7.60 Å². The first-order valence-electron chi connectivity index (χ1n) is 14.0. The van der Waals surface area contributed by atoms with Gasteiger partial charge in [0.15, 0.2) is 5.82 Å². The molecule has 1 aromatic carbocycles. The number of hydrogen-bond donors (Lipinski definition) is 1. The molecule has 3 rings (SSSR count). The predicted octanol–water partition coefficient (Wildman–Crippen LogP) is 3.90. The average Bonchev–Trinajstić information content (AvgIpc) is 2.97. The van der Waals surface area contributed by atoms with E-state index in [1.54, 1.807) is 25.7 Å². The molecule has 1 aliphatic rings. The third-order valence-corrected chi connectivity index (χ3v) is 8.47. The van der Waals surface area contributed by atoms with Crippen LogP contribution in [0.15, 0.2) is 36.4 Å². The van der Waals surface area contributed by atoms with Gasteiger partial charge in [-0.2, -0.15) is 0 Å². The highest BCUT2D eigenvalue weighted by atomic mass is 31.2. The first kappa shape index (κ1) is 32.2. The standard InChI is InChI=1S/C28H40N5O7P/c1-5-8-18-38-28(36)33-16-14-32(15-17-33)27(35)24(20-41(37,39-6-2)40-7-3)31-26(34)23-19-21(4)29-25(30-23)22-12-10-9-11-13-22/h9-13,19,24H,5-8,14-18,20H2,1-4H3,(H,31,34). The lowest BCUT2D eigenvalue weighted by Gasteiger charge is -2.36.